The van der Waals surface area contributed by atoms with Gasteiger partial charge in [-0.15, -0.1) is 0 Å². The molecule has 3 nitrogen and oxygen atoms in total. The highest BCUT2D eigenvalue weighted by atomic mass is 35.5. The van der Waals surface area contributed by atoms with Crippen molar-refractivity contribution < 1.29 is 9.18 Å². The number of fused-ring (bicyclic) bond motifs is 1. The summed E-state index contributed by atoms with van der Waals surface area (Å²) in [5.74, 6) is 0.420. The Bertz CT molecular complexity index is 825. The molecule has 130 valence electrons. The third-order valence-electron chi connectivity index (χ3n) is 5.51. The lowest BCUT2D eigenvalue weighted by molar-refractivity contribution is 0.0713. The number of hydrogen-bond donors (Lipinski definition) is 1. The Labute approximate surface area is 151 Å². The fraction of sp³-hybridized carbons (Fsp3) is 0.350. The molecule has 0 bridgehead atoms. The van der Waals surface area contributed by atoms with Gasteiger partial charge in [0.15, 0.2) is 0 Å². The summed E-state index contributed by atoms with van der Waals surface area (Å²) >= 11 is 6.20. The highest BCUT2D eigenvalue weighted by molar-refractivity contribution is 6.31. The van der Waals surface area contributed by atoms with Crippen molar-refractivity contribution in [3.05, 3.63) is 70.0 Å². The van der Waals surface area contributed by atoms with Gasteiger partial charge in [0.2, 0.25) is 0 Å². The van der Waals surface area contributed by atoms with Gasteiger partial charge in [-0.3, -0.25) is 4.79 Å². The van der Waals surface area contributed by atoms with Crippen molar-refractivity contribution in [2.24, 2.45) is 11.8 Å². The fourth-order valence-electron chi connectivity index (χ4n) is 4.24. The number of nitrogens with one attached hydrogen (secondary N) is 1. The molecule has 2 heterocycles. The lowest BCUT2D eigenvalue weighted by Gasteiger charge is -2.29. The number of halogens is 2. The van der Waals surface area contributed by atoms with Crippen molar-refractivity contribution in [3.63, 3.8) is 0 Å². The van der Waals surface area contributed by atoms with Crippen molar-refractivity contribution in [1.82, 2.24) is 10.2 Å². The van der Waals surface area contributed by atoms with Gasteiger partial charge in [0.1, 0.15) is 5.82 Å². The standard InChI is InChI=1S/C20H20ClFN2O/c1-12-16(6-3-7-18(12)21)20(25)24-11-14-9-23-10-17(14)19(24)13-4-2-5-15(22)8-13/h2-8,14,17,19,23H,9-11H2,1H3/t14-,17-,19+/m0/s1. The number of hydrogen-bond acceptors (Lipinski definition) is 2. The van der Waals surface area contributed by atoms with E-state index >= 15 is 0 Å². The van der Waals surface area contributed by atoms with Crippen molar-refractivity contribution in [1.29, 1.82) is 0 Å². The van der Waals surface area contributed by atoms with E-state index < -0.39 is 0 Å². The van der Waals surface area contributed by atoms with E-state index in [1.54, 1.807) is 24.3 Å². The van der Waals surface area contributed by atoms with Crippen LogP contribution in [0, 0.1) is 24.6 Å². The number of nitrogens with zero attached hydrogens (tertiary/aromatic N) is 1. The first-order valence-electron chi connectivity index (χ1n) is 8.58. The van der Waals surface area contributed by atoms with E-state index in [2.05, 4.69) is 5.32 Å². The van der Waals surface area contributed by atoms with Crippen LogP contribution in [-0.2, 0) is 0 Å². The average Bonchev–Trinajstić information content (AvgIpc) is 3.17. The maximum atomic E-state index is 13.8. The second-order valence-electron chi connectivity index (χ2n) is 6.95. The molecule has 2 aromatic rings. The number of carbonyl (C=O) groups excluding carboxylic acids is 1. The maximum absolute atomic E-state index is 13.8. The Morgan fingerprint density at radius 2 is 2.04 bits per heavy atom. The van der Waals surface area contributed by atoms with Crippen LogP contribution < -0.4 is 5.32 Å². The zero-order valence-corrected chi connectivity index (χ0v) is 14.8. The minimum atomic E-state index is -0.266. The number of rotatable bonds is 2. The Kier molecular flexibility index (Phi) is 4.26. The molecule has 0 unspecified atom stereocenters. The summed E-state index contributed by atoms with van der Waals surface area (Å²) in [4.78, 5) is 15.2. The number of amides is 1. The molecule has 0 aliphatic carbocycles. The van der Waals surface area contributed by atoms with Gasteiger partial charge in [0, 0.05) is 36.1 Å². The summed E-state index contributed by atoms with van der Waals surface area (Å²) in [7, 11) is 0. The topological polar surface area (TPSA) is 32.3 Å². The molecule has 3 atom stereocenters. The Morgan fingerprint density at radius 3 is 2.84 bits per heavy atom. The van der Waals surface area contributed by atoms with E-state index in [4.69, 9.17) is 11.6 Å². The van der Waals surface area contributed by atoms with Crippen LogP contribution >= 0.6 is 11.6 Å². The van der Waals surface area contributed by atoms with Gasteiger partial charge in [0.05, 0.1) is 6.04 Å². The van der Waals surface area contributed by atoms with Crippen molar-refractivity contribution in [3.8, 4) is 0 Å². The molecule has 0 radical (unpaired) electrons. The van der Waals surface area contributed by atoms with Gasteiger partial charge in [-0.1, -0.05) is 29.8 Å². The highest BCUT2D eigenvalue weighted by Gasteiger charge is 2.47. The van der Waals surface area contributed by atoms with Crippen LogP contribution in [-0.4, -0.2) is 30.4 Å². The molecule has 0 saturated carbocycles. The average molecular weight is 359 g/mol. The van der Waals surface area contributed by atoms with E-state index in [1.165, 1.54) is 6.07 Å². The van der Waals surface area contributed by atoms with E-state index in [1.807, 2.05) is 24.0 Å². The molecule has 0 aromatic heterocycles. The SMILES string of the molecule is Cc1c(Cl)cccc1C(=O)N1C[C@@H]2CNC[C@@H]2[C@H]1c1cccc(F)c1. The number of benzene rings is 2. The first kappa shape index (κ1) is 16.6. The number of carbonyl (C=O) groups is 1. The van der Waals surface area contributed by atoms with Gasteiger partial charge in [-0.05, 0) is 48.2 Å². The molecule has 0 spiro atoms. The highest BCUT2D eigenvalue weighted by Crippen LogP contribution is 2.43. The van der Waals surface area contributed by atoms with Crippen LogP contribution in [0.15, 0.2) is 42.5 Å². The first-order valence-corrected chi connectivity index (χ1v) is 8.96. The third kappa shape index (κ3) is 2.83. The molecule has 1 N–H and O–H groups in total. The molecule has 1 amide bonds. The molecule has 2 fully saturated rings. The minimum Gasteiger partial charge on any atom is -0.331 e. The molecular formula is C20H20ClFN2O. The van der Waals surface area contributed by atoms with E-state index in [-0.39, 0.29) is 17.8 Å². The van der Waals surface area contributed by atoms with Crippen molar-refractivity contribution in [2.75, 3.05) is 19.6 Å². The van der Waals surface area contributed by atoms with Crippen LogP contribution in [0.4, 0.5) is 4.39 Å². The Morgan fingerprint density at radius 1 is 1.24 bits per heavy atom. The first-order chi connectivity index (χ1) is 12.1. The van der Waals surface area contributed by atoms with Crippen molar-refractivity contribution >= 4 is 17.5 Å². The summed E-state index contributed by atoms with van der Waals surface area (Å²) in [5.41, 5.74) is 2.29. The zero-order chi connectivity index (χ0) is 17.6. The summed E-state index contributed by atoms with van der Waals surface area (Å²) in [6.45, 7) is 4.30. The van der Waals surface area contributed by atoms with Crippen LogP contribution in [0.5, 0.6) is 0 Å². The van der Waals surface area contributed by atoms with Gasteiger partial charge in [-0.25, -0.2) is 4.39 Å². The molecule has 5 heteroatoms. The predicted octanol–water partition coefficient (Wildman–Crippen LogP) is 3.82. The zero-order valence-electron chi connectivity index (χ0n) is 14.0. The van der Waals surface area contributed by atoms with Crippen LogP contribution in [0.25, 0.3) is 0 Å². The molecule has 2 saturated heterocycles. The van der Waals surface area contributed by atoms with Crippen molar-refractivity contribution in [2.45, 2.75) is 13.0 Å². The summed E-state index contributed by atoms with van der Waals surface area (Å²) in [6.07, 6.45) is 0. The molecule has 4 rings (SSSR count). The van der Waals surface area contributed by atoms with Gasteiger partial charge in [0.25, 0.3) is 5.91 Å². The van der Waals surface area contributed by atoms with Gasteiger partial charge in [-0.2, -0.15) is 0 Å². The summed E-state index contributed by atoms with van der Waals surface area (Å²) in [5, 5.41) is 4.00. The quantitative estimate of drug-likeness (QED) is 0.885. The summed E-state index contributed by atoms with van der Waals surface area (Å²) in [6, 6.07) is 11.9. The molecular weight excluding hydrogens is 339 g/mol. The van der Waals surface area contributed by atoms with Crippen LogP contribution in [0.1, 0.15) is 27.5 Å². The van der Waals surface area contributed by atoms with Gasteiger partial charge >= 0.3 is 0 Å². The van der Waals surface area contributed by atoms with E-state index in [0.717, 1.165) is 24.2 Å². The molecule has 2 aromatic carbocycles. The third-order valence-corrected chi connectivity index (χ3v) is 5.92. The number of likely N-dealkylation sites (tertiary alicyclic amines) is 1. The van der Waals surface area contributed by atoms with E-state index in [0.29, 0.717) is 29.0 Å². The Balaban J connectivity index is 1.74. The van der Waals surface area contributed by atoms with E-state index in [9.17, 15) is 9.18 Å². The largest absolute Gasteiger partial charge is 0.331 e. The fourth-order valence-corrected chi connectivity index (χ4v) is 4.42. The van der Waals surface area contributed by atoms with Crippen LogP contribution in [0.2, 0.25) is 5.02 Å². The maximum Gasteiger partial charge on any atom is 0.254 e. The normalized spacial score (nSPS) is 25.2. The Hall–Kier alpha value is -1.91. The second-order valence-corrected chi connectivity index (χ2v) is 7.36. The lowest BCUT2D eigenvalue weighted by Crippen LogP contribution is -2.35. The van der Waals surface area contributed by atoms with Gasteiger partial charge < -0.3 is 10.2 Å². The lowest BCUT2D eigenvalue weighted by atomic mass is 9.89. The summed E-state index contributed by atoms with van der Waals surface area (Å²) < 4.78 is 13.8. The second kappa shape index (κ2) is 6.43. The molecule has 2 aliphatic heterocycles. The molecule has 25 heavy (non-hydrogen) atoms. The smallest absolute Gasteiger partial charge is 0.254 e. The monoisotopic (exact) mass is 358 g/mol. The minimum absolute atomic E-state index is 0.0244. The van der Waals surface area contributed by atoms with Crippen LogP contribution in [0.3, 0.4) is 0 Å². The molecule has 2 aliphatic rings. The predicted molar refractivity (Wildman–Crippen MR) is 96.2 cm³/mol.